The highest BCUT2D eigenvalue weighted by Crippen LogP contribution is 2.33. The second kappa shape index (κ2) is 5.05. The molecule has 2 aromatic rings. The van der Waals surface area contributed by atoms with E-state index in [1.54, 1.807) is 17.9 Å². The fourth-order valence-corrected chi connectivity index (χ4v) is 3.17. The van der Waals surface area contributed by atoms with Crippen LogP contribution in [0.2, 0.25) is 0 Å². The predicted octanol–water partition coefficient (Wildman–Crippen LogP) is 2.46. The van der Waals surface area contributed by atoms with Crippen molar-refractivity contribution in [3.8, 4) is 0 Å². The maximum Gasteiger partial charge on any atom is 0.273 e. The van der Waals surface area contributed by atoms with Gasteiger partial charge in [0.15, 0.2) is 0 Å². The lowest BCUT2D eigenvalue weighted by molar-refractivity contribution is 0.0718. The van der Waals surface area contributed by atoms with Gasteiger partial charge in [-0.1, -0.05) is 5.16 Å². The number of carbonyl (C=O) groups excluding carboxylic acids is 1. The molecule has 7 heteroatoms. The van der Waals surface area contributed by atoms with E-state index >= 15 is 0 Å². The van der Waals surface area contributed by atoms with Crippen LogP contribution in [0.1, 0.15) is 40.8 Å². The lowest BCUT2D eigenvalue weighted by Gasteiger charge is -2.23. The zero-order chi connectivity index (χ0) is 14.3. The summed E-state index contributed by atoms with van der Waals surface area (Å²) >= 11 is 3.38. The maximum atomic E-state index is 12.7. The average Bonchev–Trinajstić information content (AvgIpc) is 3.09. The normalized spacial score (nSPS) is 18.8. The van der Waals surface area contributed by atoms with Gasteiger partial charge in [-0.2, -0.15) is 5.10 Å². The molecule has 1 aliphatic heterocycles. The molecule has 1 fully saturated rings. The van der Waals surface area contributed by atoms with Crippen LogP contribution in [0, 0.1) is 6.92 Å². The summed E-state index contributed by atoms with van der Waals surface area (Å²) in [6.07, 6.45) is 3.52. The summed E-state index contributed by atoms with van der Waals surface area (Å²) in [5.74, 6) is 0.737. The molecule has 20 heavy (non-hydrogen) atoms. The lowest BCUT2D eigenvalue weighted by Crippen LogP contribution is -2.32. The van der Waals surface area contributed by atoms with Gasteiger partial charge in [-0.05, 0) is 35.7 Å². The molecule has 3 rings (SSSR count). The van der Waals surface area contributed by atoms with Gasteiger partial charge in [-0.25, -0.2) is 0 Å². The summed E-state index contributed by atoms with van der Waals surface area (Å²) in [6.45, 7) is 2.59. The summed E-state index contributed by atoms with van der Waals surface area (Å²) in [5.41, 5.74) is 1.39. The Morgan fingerprint density at radius 3 is 2.95 bits per heavy atom. The van der Waals surface area contributed by atoms with Crippen molar-refractivity contribution in [1.82, 2.24) is 19.8 Å². The Labute approximate surface area is 124 Å². The minimum atomic E-state index is -0.0278. The molecule has 0 aromatic carbocycles. The van der Waals surface area contributed by atoms with Crippen molar-refractivity contribution in [1.29, 1.82) is 0 Å². The van der Waals surface area contributed by atoms with Crippen molar-refractivity contribution in [2.75, 3.05) is 6.54 Å². The van der Waals surface area contributed by atoms with Gasteiger partial charge in [0.25, 0.3) is 5.91 Å². The van der Waals surface area contributed by atoms with Crippen molar-refractivity contribution < 1.29 is 9.32 Å². The van der Waals surface area contributed by atoms with E-state index < -0.39 is 0 Å². The molecule has 1 aliphatic rings. The number of halogens is 1. The Hall–Kier alpha value is -1.63. The number of amides is 1. The molecule has 0 saturated carbocycles. The van der Waals surface area contributed by atoms with Gasteiger partial charge in [0, 0.05) is 19.7 Å². The summed E-state index contributed by atoms with van der Waals surface area (Å²) in [5, 5.41) is 8.15. The summed E-state index contributed by atoms with van der Waals surface area (Å²) in [6, 6.07) is 1.89. The minimum Gasteiger partial charge on any atom is -0.361 e. The number of aromatic nitrogens is 3. The average molecular weight is 339 g/mol. The van der Waals surface area contributed by atoms with Crippen molar-refractivity contribution in [3.63, 3.8) is 0 Å². The quantitative estimate of drug-likeness (QED) is 0.843. The van der Waals surface area contributed by atoms with E-state index in [1.807, 2.05) is 17.9 Å². The SMILES string of the molecule is Cc1cc(C2CCCN2C(=O)c2c(Br)cnn2C)no1. The second-order valence-corrected chi connectivity index (χ2v) is 5.84. The zero-order valence-corrected chi connectivity index (χ0v) is 12.9. The molecule has 0 N–H and O–H groups in total. The topological polar surface area (TPSA) is 64.2 Å². The molecular formula is C13H15BrN4O2. The Morgan fingerprint density at radius 2 is 2.35 bits per heavy atom. The summed E-state index contributed by atoms with van der Waals surface area (Å²) < 4.78 is 7.44. The molecule has 1 saturated heterocycles. The predicted molar refractivity (Wildman–Crippen MR) is 75.2 cm³/mol. The van der Waals surface area contributed by atoms with E-state index in [0.717, 1.165) is 30.8 Å². The molecule has 0 spiro atoms. The Morgan fingerprint density at radius 1 is 1.55 bits per heavy atom. The number of hydrogen-bond donors (Lipinski definition) is 0. The van der Waals surface area contributed by atoms with E-state index in [2.05, 4.69) is 26.2 Å². The first-order chi connectivity index (χ1) is 9.58. The van der Waals surface area contributed by atoms with E-state index in [1.165, 1.54) is 0 Å². The Bertz CT molecular complexity index is 629. The van der Waals surface area contributed by atoms with Gasteiger partial charge in [0.2, 0.25) is 0 Å². The van der Waals surface area contributed by atoms with Crippen LogP contribution < -0.4 is 0 Å². The molecule has 106 valence electrons. The van der Waals surface area contributed by atoms with Crippen molar-refractivity contribution in [2.45, 2.75) is 25.8 Å². The molecular weight excluding hydrogens is 324 g/mol. The fraction of sp³-hybridized carbons (Fsp3) is 0.462. The number of nitrogens with zero attached hydrogens (tertiary/aromatic N) is 4. The maximum absolute atomic E-state index is 12.7. The monoisotopic (exact) mass is 338 g/mol. The number of likely N-dealkylation sites (tertiary alicyclic amines) is 1. The van der Waals surface area contributed by atoms with Gasteiger partial charge in [-0.3, -0.25) is 9.48 Å². The molecule has 6 nitrogen and oxygen atoms in total. The highest BCUT2D eigenvalue weighted by molar-refractivity contribution is 9.10. The van der Waals surface area contributed by atoms with Crippen LogP contribution in [-0.2, 0) is 7.05 Å². The molecule has 1 unspecified atom stereocenters. The molecule has 2 aromatic heterocycles. The molecule has 0 radical (unpaired) electrons. The minimum absolute atomic E-state index is 0.0123. The summed E-state index contributed by atoms with van der Waals surface area (Å²) in [4.78, 5) is 14.6. The van der Waals surface area contributed by atoms with Gasteiger partial charge in [0.05, 0.1) is 16.7 Å². The van der Waals surface area contributed by atoms with Gasteiger partial charge in [0.1, 0.15) is 17.1 Å². The Balaban J connectivity index is 1.91. The number of hydrogen-bond acceptors (Lipinski definition) is 4. The third kappa shape index (κ3) is 2.15. The third-order valence-electron chi connectivity index (χ3n) is 3.60. The van der Waals surface area contributed by atoms with Crippen LogP contribution in [0.15, 0.2) is 21.3 Å². The lowest BCUT2D eigenvalue weighted by atomic mass is 10.1. The van der Waals surface area contributed by atoms with Crippen LogP contribution in [-0.4, -0.2) is 32.3 Å². The molecule has 1 atom stereocenters. The van der Waals surface area contributed by atoms with E-state index in [0.29, 0.717) is 10.2 Å². The first kappa shape index (κ1) is 13.4. The van der Waals surface area contributed by atoms with Crippen LogP contribution in [0.5, 0.6) is 0 Å². The largest absolute Gasteiger partial charge is 0.361 e. The fourth-order valence-electron chi connectivity index (χ4n) is 2.65. The Kier molecular flexibility index (Phi) is 3.37. The van der Waals surface area contributed by atoms with Crippen LogP contribution >= 0.6 is 15.9 Å². The van der Waals surface area contributed by atoms with E-state index in [4.69, 9.17) is 4.52 Å². The number of aryl methyl sites for hydroxylation is 2. The highest BCUT2D eigenvalue weighted by Gasteiger charge is 2.34. The van der Waals surface area contributed by atoms with Crippen molar-refractivity contribution in [3.05, 3.63) is 33.9 Å². The molecule has 3 heterocycles. The first-order valence-electron chi connectivity index (χ1n) is 6.49. The van der Waals surface area contributed by atoms with Gasteiger partial charge in [-0.15, -0.1) is 0 Å². The van der Waals surface area contributed by atoms with E-state index in [9.17, 15) is 4.79 Å². The van der Waals surface area contributed by atoms with Crippen LogP contribution in [0.4, 0.5) is 0 Å². The van der Waals surface area contributed by atoms with Crippen molar-refractivity contribution in [2.24, 2.45) is 7.05 Å². The number of rotatable bonds is 2. The molecule has 0 bridgehead atoms. The van der Waals surface area contributed by atoms with Crippen LogP contribution in [0.25, 0.3) is 0 Å². The standard InChI is InChI=1S/C13H15BrN4O2/c1-8-6-10(16-20-8)11-4-3-5-18(11)13(19)12-9(14)7-15-17(12)2/h6-7,11H,3-5H2,1-2H3. The van der Waals surface area contributed by atoms with E-state index in [-0.39, 0.29) is 11.9 Å². The van der Waals surface area contributed by atoms with Gasteiger partial charge < -0.3 is 9.42 Å². The molecule has 0 aliphatic carbocycles. The van der Waals surface area contributed by atoms with Crippen molar-refractivity contribution >= 4 is 21.8 Å². The second-order valence-electron chi connectivity index (χ2n) is 4.98. The molecule has 1 amide bonds. The van der Waals surface area contributed by atoms with Gasteiger partial charge >= 0.3 is 0 Å². The third-order valence-corrected chi connectivity index (χ3v) is 4.18. The first-order valence-corrected chi connectivity index (χ1v) is 7.29. The zero-order valence-electron chi connectivity index (χ0n) is 11.3. The smallest absolute Gasteiger partial charge is 0.273 e. The summed E-state index contributed by atoms with van der Waals surface area (Å²) in [7, 11) is 1.77. The highest BCUT2D eigenvalue weighted by atomic mass is 79.9. The number of carbonyl (C=O) groups is 1. The van der Waals surface area contributed by atoms with Crippen LogP contribution in [0.3, 0.4) is 0 Å².